The van der Waals surface area contributed by atoms with Crippen molar-refractivity contribution in [1.82, 2.24) is 10.2 Å². The van der Waals surface area contributed by atoms with Crippen LogP contribution in [-0.4, -0.2) is 42.0 Å². The van der Waals surface area contributed by atoms with Gasteiger partial charge in [0.25, 0.3) is 5.91 Å². The van der Waals surface area contributed by atoms with Crippen LogP contribution in [0.5, 0.6) is 5.75 Å². The molecule has 0 spiro atoms. The first-order valence-corrected chi connectivity index (χ1v) is 6.47. The molecular formula is C14H19N3O3. The van der Waals surface area contributed by atoms with Gasteiger partial charge >= 0.3 is 0 Å². The van der Waals surface area contributed by atoms with Crippen LogP contribution in [0.25, 0.3) is 0 Å². The van der Waals surface area contributed by atoms with E-state index in [-0.39, 0.29) is 23.1 Å². The lowest BCUT2D eigenvalue weighted by Gasteiger charge is -2.23. The molecule has 1 atom stereocenters. The van der Waals surface area contributed by atoms with E-state index >= 15 is 0 Å². The molecule has 1 fully saturated rings. The zero-order valence-corrected chi connectivity index (χ0v) is 11.6. The first kappa shape index (κ1) is 14.2. The molecule has 2 amide bonds. The highest BCUT2D eigenvalue weighted by molar-refractivity contribution is 6.00. The Bertz CT molecular complexity index is 559. The number of phenols is 1. The maximum absolute atomic E-state index is 12.4. The summed E-state index contributed by atoms with van der Waals surface area (Å²) in [5.41, 5.74) is 5.79. The van der Waals surface area contributed by atoms with Crippen LogP contribution in [0, 0.1) is 5.41 Å². The molecule has 0 aromatic heterocycles. The van der Waals surface area contributed by atoms with Crippen molar-refractivity contribution in [1.29, 1.82) is 0 Å². The number of amides is 2. The van der Waals surface area contributed by atoms with Crippen molar-refractivity contribution in [2.24, 2.45) is 5.41 Å². The molecular weight excluding hydrogens is 258 g/mol. The van der Waals surface area contributed by atoms with Crippen molar-refractivity contribution < 1.29 is 14.7 Å². The van der Waals surface area contributed by atoms with Gasteiger partial charge in [-0.1, -0.05) is 0 Å². The number of benzene rings is 1. The van der Waals surface area contributed by atoms with Crippen LogP contribution in [0.2, 0.25) is 0 Å². The van der Waals surface area contributed by atoms with E-state index in [0.29, 0.717) is 25.2 Å². The largest absolute Gasteiger partial charge is 0.508 e. The average Bonchev–Trinajstić information content (AvgIpc) is 2.83. The fourth-order valence-corrected chi connectivity index (χ4v) is 2.52. The molecule has 0 saturated carbocycles. The van der Waals surface area contributed by atoms with Crippen LogP contribution < -0.4 is 11.1 Å². The minimum absolute atomic E-state index is 0.00388. The summed E-state index contributed by atoms with van der Waals surface area (Å²) in [4.78, 5) is 25.9. The van der Waals surface area contributed by atoms with Gasteiger partial charge in [0.15, 0.2) is 0 Å². The Balaban J connectivity index is 2.20. The molecule has 1 aliphatic rings. The molecule has 1 heterocycles. The van der Waals surface area contributed by atoms with Gasteiger partial charge in [-0.2, -0.15) is 0 Å². The topological polar surface area (TPSA) is 95.7 Å². The van der Waals surface area contributed by atoms with Crippen LogP contribution in [0.1, 0.15) is 23.7 Å². The minimum atomic E-state index is -0.573. The second-order valence-electron chi connectivity index (χ2n) is 5.39. The van der Waals surface area contributed by atoms with Gasteiger partial charge in [-0.15, -0.1) is 0 Å². The highest BCUT2D eigenvalue weighted by Gasteiger charge is 2.41. The number of anilines is 1. The van der Waals surface area contributed by atoms with Crippen molar-refractivity contribution in [2.75, 3.05) is 25.9 Å². The normalized spacial score (nSPS) is 21.8. The van der Waals surface area contributed by atoms with Crippen LogP contribution in [-0.2, 0) is 4.79 Å². The second-order valence-corrected chi connectivity index (χ2v) is 5.39. The number of phenolic OH excluding ortho intramolecular Hbond substituents is 1. The lowest BCUT2D eigenvalue weighted by molar-refractivity contribution is -0.128. The van der Waals surface area contributed by atoms with Gasteiger partial charge < -0.3 is 21.1 Å². The van der Waals surface area contributed by atoms with Crippen molar-refractivity contribution >= 4 is 17.5 Å². The number of nitrogens with one attached hydrogen (secondary N) is 1. The van der Waals surface area contributed by atoms with Gasteiger partial charge in [0.05, 0.1) is 11.0 Å². The highest BCUT2D eigenvalue weighted by Crippen LogP contribution is 2.32. The Morgan fingerprint density at radius 1 is 1.45 bits per heavy atom. The van der Waals surface area contributed by atoms with E-state index in [0.717, 1.165) is 0 Å². The molecule has 108 valence electrons. The number of likely N-dealkylation sites (tertiary alicyclic amines) is 1. The zero-order chi connectivity index (χ0) is 14.9. The van der Waals surface area contributed by atoms with Gasteiger partial charge in [-0.25, -0.2) is 0 Å². The summed E-state index contributed by atoms with van der Waals surface area (Å²) in [6, 6.07) is 4.29. The van der Waals surface area contributed by atoms with E-state index in [1.807, 2.05) is 6.92 Å². The summed E-state index contributed by atoms with van der Waals surface area (Å²) in [5, 5.41) is 12.1. The van der Waals surface area contributed by atoms with Crippen LogP contribution in [0.4, 0.5) is 5.69 Å². The van der Waals surface area contributed by atoms with Crippen molar-refractivity contribution in [3.63, 3.8) is 0 Å². The molecule has 1 aliphatic heterocycles. The number of nitrogens with zero attached hydrogens (tertiary/aromatic N) is 1. The van der Waals surface area contributed by atoms with E-state index in [1.165, 1.54) is 18.2 Å². The second kappa shape index (κ2) is 5.03. The lowest BCUT2D eigenvalue weighted by Crippen LogP contribution is -2.40. The molecule has 1 unspecified atom stereocenters. The SMILES string of the molecule is CNC(=O)C1(C)CCN(C(=O)c2cc(O)ccc2N)C1. The van der Waals surface area contributed by atoms with Gasteiger partial charge in [-0.05, 0) is 31.5 Å². The molecule has 20 heavy (non-hydrogen) atoms. The molecule has 1 aromatic rings. The summed E-state index contributed by atoms with van der Waals surface area (Å²) in [6.45, 7) is 2.68. The molecule has 0 bridgehead atoms. The number of aromatic hydroxyl groups is 1. The first-order chi connectivity index (χ1) is 9.37. The third kappa shape index (κ3) is 2.41. The maximum atomic E-state index is 12.4. The van der Waals surface area contributed by atoms with Gasteiger partial charge in [0.2, 0.25) is 5.91 Å². The number of carbonyl (C=O) groups is 2. The van der Waals surface area contributed by atoms with E-state index in [1.54, 1.807) is 11.9 Å². The van der Waals surface area contributed by atoms with Crippen LogP contribution >= 0.6 is 0 Å². The van der Waals surface area contributed by atoms with Crippen molar-refractivity contribution in [2.45, 2.75) is 13.3 Å². The summed E-state index contributed by atoms with van der Waals surface area (Å²) < 4.78 is 0. The monoisotopic (exact) mass is 277 g/mol. The highest BCUT2D eigenvalue weighted by atomic mass is 16.3. The number of hydrogen-bond donors (Lipinski definition) is 3. The Labute approximate surface area is 117 Å². The summed E-state index contributed by atoms with van der Waals surface area (Å²) in [5.74, 6) is -0.335. The standard InChI is InChI=1S/C14H19N3O3/c1-14(13(20)16-2)5-6-17(8-14)12(19)10-7-9(18)3-4-11(10)15/h3-4,7,18H,5-6,8,15H2,1-2H3,(H,16,20). The van der Waals surface area contributed by atoms with Gasteiger partial charge in [-0.3, -0.25) is 9.59 Å². The van der Waals surface area contributed by atoms with Crippen molar-refractivity contribution in [3.05, 3.63) is 23.8 Å². The Hall–Kier alpha value is -2.24. The number of nitrogens with two attached hydrogens (primary N) is 1. The number of nitrogen functional groups attached to an aromatic ring is 1. The predicted molar refractivity (Wildman–Crippen MR) is 75.2 cm³/mol. The molecule has 6 heteroatoms. The fraction of sp³-hybridized carbons (Fsp3) is 0.429. The number of carbonyl (C=O) groups excluding carboxylic acids is 2. The Morgan fingerprint density at radius 3 is 2.80 bits per heavy atom. The summed E-state index contributed by atoms with van der Waals surface area (Å²) in [6.07, 6.45) is 0.608. The smallest absolute Gasteiger partial charge is 0.256 e. The number of rotatable bonds is 2. The third-order valence-electron chi connectivity index (χ3n) is 3.80. The molecule has 4 N–H and O–H groups in total. The van der Waals surface area contributed by atoms with E-state index in [2.05, 4.69) is 5.32 Å². The molecule has 0 radical (unpaired) electrons. The predicted octanol–water partition coefficient (Wildman–Crippen LogP) is 0.573. The zero-order valence-electron chi connectivity index (χ0n) is 11.6. The van der Waals surface area contributed by atoms with Crippen molar-refractivity contribution in [3.8, 4) is 5.75 Å². The molecule has 0 aliphatic carbocycles. The minimum Gasteiger partial charge on any atom is -0.508 e. The van der Waals surface area contributed by atoms with Crippen LogP contribution in [0.15, 0.2) is 18.2 Å². The number of hydrogen-bond acceptors (Lipinski definition) is 4. The van der Waals surface area contributed by atoms with Crippen LogP contribution in [0.3, 0.4) is 0 Å². The average molecular weight is 277 g/mol. The lowest BCUT2D eigenvalue weighted by atomic mass is 9.89. The van der Waals surface area contributed by atoms with E-state index in [9.17, 15) is 14.7 Å². The van der Waals surface area contributed by atoms with E-state index < -0.39 is 5.41 Å². The molecule has 1 aromatic carbocycles. The van der Waals surface area contributed by atoms with E-state index in [4.69, 9.17) is 5.73 Å². The first-order valence-electron chi connectivity index (χ1n) is 6.47. The quantitative estimate of drug-likeness (QED) is 0.544. The Kier molecular flexibility index (Phi) is 3.57. The maximum Gasteiger partial charge on any atom is 0.256 e. The molecule has 1 saturated heterocycles. The van der Waals surface area contributed by atoms with Gasteiger partial charge in [0.1, 0.15) is 5.75 Å². The van der Waals surface area contributed by atoms with Gasteiger partial charge in [0, 0.05) is 25.8 Å². The summed E-state index contributed by atoms with van der Waals surface area (Å²) in [7, 11) is 1.59. The molecule has 2 rings (SSSR count). The Morgan fingerprint density at radius 2 is 2.15 bits per heavy atom. The summed E-state index contributed by atoms with van der Waals surface area (Å²) >= 11 is 0. The third-order valence-corrected chi connectivity index (χ3v) is 3.80. The molecule has 6 nitrogen and oxygen atoms in total. The fourth-order valence-electron chi connectivity index (χ4n) is 2.52.